The third-order valence-electron chi connectivity index (χ3n) is 18.1. The van der Waals surface area contributed by atoms with Crippen LogP contribution in [0.5, 0.6) is 0 Å². The Morgan fingerprint density at radius 3 is 0.756 bits per heavy atom. The fourth-order valence-electron chi connectivity index (χ4n) is 14.0. The van der Waals surface area contributed by atoms with Crippen LogP contribution < -0.4 is 9.80 Å². The molecular weight excluding hydrogens is 1090 g/mol. The molecule has 0 radical (unpaired) electrons. The van der Waals surface area contributed by atoms with Gasteiger partial charge in [-0.05, 0) is 187 Å². The van der Waals surface area contributed by atoms with Crippen LogP contribution in [0.1, 0.15) is 0 Å². The number of anilines is 6. The van der Waals surface area contributed by atoms with E-state index in [-0.39, 0.29) is 0 Å². The van der Waals surface area contributed by atoms with Gasteiger partial charge in [0.05, 0.1) is 22.1 Å². The van der Waals surface area contributed by atoms with Crippen LogP contribution >= 0.6 is 0 Å². The molecule has 0 fully saturated rings. The average molecular weight is 1150 g/mol. The maximum Gasteiger partial charge on any atom is 0.0542 e. The first-order chi connectivity index (χ1) is 44.7. The van der Waals surface area contributed by atoms with Crippen molar-refractivity contribution >= 4 is 99.3 Å². The number of nitrogens with zero attached hydrogens (tertiary/aromatic N) is 4. The van der Waals surface area contributed by atoms with E-state index in [4.69, 9.17) is 0 Å². The predicted molar refractivity (Wildman–Crippen MR) is 381 cm³/mol. The number of hydrogen-bond donors (Lipinski definition) is 0. The summed E-state index contributed by atoms with van der Waals surface area (Å²) >= 11 is 0. The van der Waals surface area contributed by atoms with Gasteiger partial charge in [-0.3, -0.25) is 0 Å². The van der Waals surface area contributed by atoms with Gasteiger partial charge in [-0.15, -0.1) is 0 Å². The molecule has 0 bridgehead atoms. The molecule has 0 N–H and O–H groups in total. The smallest absolute Gasteiger partial charge is 0.0542 e. The van der Waals surface area contributed by atoms with Crippen LogP contribution in [-0.4, -0.2) is 9.13 Å². The highest BCUT2D eigenvalue weighted by Crippen LogP contribution is 2.46. The quantitative estimate of drug-likeness (QED) is 0.113. The third kappa shape index (κ3) is 9.00. The molecule has 0 aliphatic carbocycles. The van der Waals surface area contributed by atoms with Crippen LogP contribution in [0.25, 0.3) is 121 Å². The zero-order chi connectivity index (χ0) is 59.5. The summed E-state index contributed by atoms with van der Waals surface area (Å²) in [6.45, 7) is 0. The van der Waals surface area contributed by atoms with Crippen LogP contribution in [0.4, 0.5) is 34.1 Å². The van der Waals surface area contributed by atoms with E-state index in [2.05, 4.69) is 371 Å². The molecule has 0 aliphatic heterocycles. The summed E-state index contributed by atoms with van der Waals surface area (Å²) in [4.78, 5) is 4.73. The maximum atomic E-state index is 2.37. The van der Waals surface area contributed by atoms with Gasteiger partial charge in [0.25, 0.3) is 0 Å². The van der Waals surface area contributed by atoms with E-state index in [9.17, 15) is 0 Å². The second-order valence-electron chi connectivity index (χ2n) is 23.2. The fraction of sp³-hybridized carbons (Fsp3) is 0. The lowest BCUT2D eigenvalue weighted by atomic mass is 9.85. The van der Waals surface area contributed by atoms with Crippen molar-refractivity contribution in [2.75, 3.05) is 9.80 Å². The lowest BCUT2D eigenvalue weighted by Crippen LogP contribution is -2.09. The zero-order valence-electron chi connectivity index (χ0n) is 49.3. The Bertz CT molecular complexity index is 5080. The Balaban J connectivity index is 0.670. The van der Waals surface area contributed by atoms with Crippen molar-refractivity contribution in [3.05, 3.63) is 352 Å². The molecule has 15 aromatic carbocycles. The van der Waals surface area contributed by atoms with Crippen LogP contribution in [0.15, 0.2) is 352 Å². The van der Waals surface area contributed by atoms with Crippen molar-refractivity contribution in [2.24, 2.45) is 0 Å². The Morgan fingerprint density at radius 1 is 0.167 bits per heavy atom. The van der Waals surface area contributed by atoms with Crippen molar-refractivity contribution in [3.8, 4) is 55.9 Å². The first-order valence-corrected chi connectivity index (χ1v) is 30.9. The van der Waals surface area contributed by atoms with Crippen molar-refractivity contribution < 1.29 is 0 Å². The summed E-state index contributed by atoms with van der Waals surface area (Å²) in [7, 11) is 0. The number of fused-ring (bicyclic) bond motifs is 8. The minimum atomic E-state index is 1.09. The highest BCUT2D eigenvalue weighted by atomic mass is 15.1. The van der Waals surface area contributed by atoms with Gasteiger partial charge in [0.15, 0.2) is 0 Å². The minimum absolute atomic E-state index is 1.09. The first kappa shape index (κ1) is 52.4. The van der Waals surface area contributed by atoms with E-state index >= 15 is 0 Å². The summed E-state index contributed by atoms with van der Waals surface area (Å²) in [5, 5.41) is 9.83. The molecular formula is C86H58N4. The van der Waals surface area contributed by atoms with Gasteiger partial charge >= 0.3 is 0 Å². The number of rotatable bonds is 12. The monoisotopic (exact) mass is 1150 g/mol. The summed E-state index contributed by atoms with van der Waals surface area (Å²) in [6.07, 6.45) is 0. The Hall–Kier alpha value is -12.0. The van der Waals surface area contributed by atoms with E-state index in [1.165, 1.54) is 98.5 Å². The molecule has 422 valence electrons. The molecule has 17 rings (SSSR count). The van der Waals surface area contributed by atoms with Gasteiger partial charge in [0.2, 0.25) is 0 Å². The van der Waals surface area contributed by atoms with Gasteiger partial charge in [-0.1, -0.05) is 231 Å². The zero-order valence-corrected chi connectivity index (χ0v) is 49.3. The van der Waals surface area contributed by atoms with Gasteiger partial charge in [0.1, 0.15) is 0 Å². The van der Waals surface area contributed by atoms with E-state index < -0.39 is 0 Å². The van der Waals surface area contributed by atoms with Gasteiger partial charge in [-0.2, -0.15) is 0 Å². The summed E-state index contributed by atoms with van der Waals surface area (Å²) in [5.74, 6) is 0. The van der Waals surface area contributed by atoms with E-state index in [1.807, 2.05) is 0 Å². The summed E-state index contributed by atoms with van der Waals surface area (Å²) in [6, 6.07) is 128. The molecule has 4 heteroatoms. The predicted octanol–water partition coefficient (Wildman–Crippen LogP) is 23.8. The van der Waals surface area contributed by atoms with E-state index in [0.717, 1.165) is 56.6 Å². The summed E-state index contributed by atoms with van der Waals surface area (Å²) in [5.41, 5.74) is 23.2. The number of para-hydroxylation sites is 6. The standard InChI is InChI=1S/C86H58N4/c1-5-21-65(22-6-1)87(71-53-55-83-79(57-71)73-29-17-19-35-81(73)89(83)67-25-9-3-10-26-67)69-49-45-61(46-50-69)59-37-41-63(42-38-59)85-75-31-13-15-33-77(75)86(78-34-16-14-32-76(78)85)64-43-39-60(40-44-64)62-47-51-70(52-48-62)88(66-23-7-2-8-24-66)72-54-56-84-80(58-72)74-30-18-20-36-82(74)90(84)68-27-11-4-12-28-68/h1-58H. The van der Waals surface area contributed by atoms with Crippen LogP contribution in [0.2, 0.25) is 0 Å². The van der Waals surface area contributed by atoms with Crippen molar-refractivity contribution in [3.63, 3.8) is 0 Å². The topological polar surface area (TPSA) is 16.3 Å². The minimum Gasteiger partial charge on any atom is -0.310 e. The van der Waals surface area contributed by atoms with Crippen LogP contribution in [-0.2, 0) is 0 Å². The largest absolute Gasteiger partial charge is 0.310 e. The van der Waals surface area contributed by atoms with Gasteiger partial charge in [0, 0.05) is 67.0 Å². The third-order valence-corrected chi connectivity index (χ3v) is 18.1. The molecule has 0 atom stereocenters. The Morgan fingerprint density at radius 2 is 0.411 bits per heavy atom. The van der Waals surface area contributed by atoms with E-state index in [0.29, 0.717) is 0 Å². The molecule has 0 aliphatic rings. The average Bonchev–Trinajstić information content (AvgIpc) is 1.24. The highest BCUT2D eigenvalue weighted by molar-refractivity contribution is 6.21. The molecule has 90 heavy (non-hydrogen) atoms. The molecule has 0 saturated heterocycles. The molecule has 0 amide bonds. The molecule has 4 nitrogen and oxygen atoms in total. The van der Waals surface area contributed by atoms with Crippen LogP contribution in [0.3, 0.4) is 0 Å². The normalized spacial score (nSPS) is 11.6. The molecule has 17 aromatic rings. The lowest BCUT2D eigenvalue weighted by molar-refractivity contribution is 1.18. The number of aromatic nitrogens is 2. The van der Waals surface area contributed by atoms with Crippen molar-refractivity contribution in [1.82, 2.24) is 9.13 Å². The van der Waals surface area contributed by atoms with Crippen LogP contribution in [0, 0.1) is 0 Å². The number of benzene rings is 15. The van der Waals surface area contributed by atoms with Gasteiger partial charge < -0.3 is 18.9 Å². The molecule has 0 unspecified atom stereocenters. The van der Waals surface area contributed by atoms with Crippen molar-refractivity contribution in [2.45, 2.75) is 0 Å². The second-order valence-corrected chi connectivity index (χ2v) is 23.2. The van der Waals surface area contributed by atoms with Crippen molar-refractivity contribution in [1.29, 1.82) is 0 Å². The maximum absolute atomic E-state index is 2.37. The second kappa shape index (κ2) is 22.1. The summed E-state index contributed by atoms with van der Waals surface area (Å²) < 4.78 is 4.74. The fourth-order valence-corrected chi connectivity index (χ4v) is 14.0. The van der Waals surface area contributed by atoms with E-state index in [1.54, 1.807) is 0 Å². The molecule has 0 spiro atoms. The lowest BCUT2D eigenvalue weighted by Gasteiger charge is -2.26. The molecule has 2 aromatic heterocycles. The van der Waals surface area contributed by atoms with Gasteiger partial charge in [-0.25, -0.2) is 0 Å². The SMILES string of the molecule is c1ccc(N(c2ccc(-c3ccc(-c4c5ccccc5c(-c5ccc(-c6ccc(N(c7ccccc7)c7ccc8c(c7)c7ccccc7n8-c7ccccc7)cc6)cc5)c5ccccc45)cc3)cc2)c2ccc3c(c2)c2ccccc2n3-c2ccccc2)cc1. The Kier molecular flexibility index (Phi) is 12.8. The highest BCUT2D eigenvalue weighted by Gasteiger charge is 2.22. The molecule has 0 saturated carbocycles. The Labute approximate surface area is 522 Å². The number of hydrogen-bond acceptors (Lipinski definition) is 2. The first-order valence-electron chi connectivity index (χ1n) is 30.9. The molecule has 2 heterocycles.